The quantitative estimate of drug-likeness (QED) is 0.574. The molecule has 0 aliphatic carbocycles. The molecule has 1 aromatic heterocycles. The number of aromatic nitrogens is 2. The molecular weight excluding hydrogens is 287 g/mol. The van der Waals surface area contributed by atoms with Gasteiger partial charge in [0.15, 0.2) is 0 Å². The Labute approximate surface area is 122 Å². The van der Waals surface area contributed by atoms with Crippen LogP contribution in [-0.4, -0.2) is 21.6 Å². The highest BCUT2D eigenvalue weighted by Crippen LogP contribution is 2.22. The van der Waals surface area contributed by atoms with E-state index in [1.165, 1.54) is 12.2 Å². The minimum atomic E-state index is 0.439. The van der Waals surface area contributed by atoms with Crippen LogP contribution in [0.15, 0.2) is 18.2 Å². The van der Waals surface area contributed by atoms with E-state index in [0.717, 1.165) is 34.8 Å². The number of halogens is 2. The normalized spacial score (nSPS) is 11.3. The van der Waals surface area contributed by atoms with Crippen molar-refractivity contribution in [2.75, 3.05) is 12.0 Å². The molecule has 1 heterocycles. The second-order valence-electron chi connectivity index (χ2n) is 4.15. The average Bonchev–Trinajstić information content (AvgIpc) is 2.71. The summed E-state index contributed by atoms with van der Waals surface area (Å²) in [6.45, 7) is 0.973. The first-order valence-electron chi connectivity index (χ1n) is 5.96. The van der Waals surface area contributed by atoms with E-state index < -0.39 is 0 Å². The first-order chi connectivity index (χ1) is 8.76. The summed E-state index contributed by atoms with van der Waals surface area (Å²) in [7, 11) is 0. The Morgan fingerprint density at radius 3 is 2.89 bits per heavy atom. The lowest BCUT2D eigenvalue weighted by molar-refractivity contribution is 0.631. The Bertz CT molecular complexity index is 525. The van der Waals surface area contributed by atoms with Crippen molar-refractivity contribution >= 4 is 46.0 Å². The molecule has 2 aromatic rings. The molecule has 0 radical (unpaired) electrons. The van der Waals surface area contributed by atoms with Gasteiger partial charge < -0.3 is 4.57 Å². The molecule has 0 spiro atoms. The topological polar surface area (TPSA) is 17.8 Å². The van der Waals surface area contributed by atoms with Crippen LogP contribution >= 0.6 is 35.0 Å². The Morgan fingerprint density at radius 1 is 1.33 bits per heavy atom. The van der Waals surface area contributed by atoms with Crippen LogP contribution in [-0.2, 0) is 12.4 Å². The van der Waals surface area contributed by atoms with Gasteiger partial charge in [-0.2, -0.15) is 11.8 Å². The van der Waals surface area contributed by atoms with Crippen molar-refractivity contribution in [3.05, 3.63) is 29.0 Å². The fourth-order valence-electron chi connectivity index (χ4n) is 2.02. The number of fused-ring (bicyclic) bond motifs is 1. The zero-order valence-electron chi connectivity index (χ0n) is 10.3. The van der Waals surface area contributed by atoms with Crippen molar-refractivity contribution < 1.29 is 0 Å². The summed E-state index contributed by atoms with van der Waals surface area (Å²) in [5, 5.41) is 0.718. The highest BCUT2D eigenvalue weighted by Gasteiger charge is 2.09. The van der Waals surface area contributed by atoms with E-state index in [1.54, 1.807) is 0 Å². The Morgan fingerprint density at radius 2 is 2.17 bits per heavy atom. The molecule has 0 fully saturated rings. The van der Waals surface area contributed by atoms with E-state index in [1.807, 2.05) is 30.0 Å². The number of thioether (sulfide) groups is 1. The van der Waals surface area contributed by atoms with Gasteiger partial charge in [-0.3, -0.25) is 0 Å². The van der Waals surface area contributed by atoms with Gasteiger partial charge in [0.2, 0.25) is 0 Å². The molecule has 2 nitrogen and oxygen atoms in total. The molecule has 0 atom stereocenters. The zero-order chi connectivity index (χ0) is 13.0. The van der Waals surface area contributed by atoms with Crippen LogP contribution in [0.1, 0.15) is 18.7 Å². The first-order valence-corrected chi connectivity index (χ1v) is 8.26. The van der Waals surface area contributed by atoms with Crippen LogP contribution in [0.5, 0.6) is 0 Å². The fourth-order valence-corrected chi connectivity index (χ4v) is 2.88. The van der Waals surface area contributed by atoms with Gasteiger partial charge in [0.1, 0.15) is 5.82 Å². The van der Waals surface area contributed by atoms with Gasteiger partial charge in [-0.25, -0.2) is 4.98 Å². The lowest BCUT2D eigenvalue weighted by Crippen LogP contribution is -2.02. The predicted molar refractivity (Wildman–Crippen MR) is 81.9 cm³/mol. The second-order valence-corrected chi connectivity index (χ2v) is 5.84. The van der Waals surface area contributed by atoms with Crippen molar-refractivity contribution in [1.29, 1.82) is 0 Å². The van der Waals surface area contributed by atoms with E-state index in [9.17, 15) is 0 Å². The van der Waals surface area contributed by atoms with Crippen LogP contribution in [0.4, 0.5) is 0 Å². The van der Waals surface area contributed by atoms with E-state index in [0.29, 0.717) is 5.88 Å². The summed E-state index contributed by atoms with van der Waals surface area (Å²) in [6.07, 6.45) is 4.51. The number of rotatable bonds is 6. The number of nitrogens with zero attached hydrogens (tertiary/aromatic N) is 2. The van der Waals surface area contributed by atoms with Gasteiger partial charge in [0, 0.05) is 11.6 Å². The molecule has 5 heteroatoms. The maximum Gasteiger partial charge on any atom is 0.124 e. The van der Waals surface area contributed by atoms with E-state index in [-0.39, 0.29) is 0 Å². The monoisotopic (exact) mass is 302 g/mol. The molecule has 1 aromatic carbocycles. The third kappa shape index (κ3) is 3.14. The number of benzene rings is 1. The van der Waals surface area contributed by atoms with E-state index in [4.69, 9.17) is 23.2 Å². The van der Waals surface area contributed by atoms with Crippen LogP contribution in [0.3, 0.4) is 0 Å². The van der Waals surface area contributed by atoms with Crippen molar-refractivity contribution in [3.8, 4) is 0 Å². The number of hydrogen-bond acceptors (Lipinski definition) is 2. The number of alkyl halides is 1. The van der Waals surface area contributed by atoms with Crippen molar-refractivity contribution in [2.24, 2.45) is 0 Å². The van der Waals surface area contributed by atoms with E-state index in [2.05, 4.69) is 15.8 Å². The Kier molecular flexibility index (Phi) is 5.22. The zero-order valence-corrected chi connectivity index (χ0v) is 12.7. The fraction of sp³-hybridized carbons (Fsp3) is 0.462. The number of hydrogen-bond donors (Lipinski definition) is 0. The molecule has 0 amide bonds. The maximum absolute atomic E-state index is 5.98. The molecule has 0 bridgehead atoms. The smallest absolute Gasteiger partial charge is 0.124 e. The molecule has 0 aliphatic rings. The number of imidazole rings is 1. The summed E-state index contributed by atoms with van der Waals surface area (Å²) in [5.74, 6) is 2.57. The summed E-state index contributed by atoms with van der Waals surface area (Å²) in [4.78, 5) is 4.53. The Hall–Kier alpha value is -0.380. The van der Waals surface area contributed by atoms with Gasteiger partial charge in [-0.15, -0.1) is 11.6 Å². The minimum absolute atomic E-state index is 0.439. The van der Waals surface area contributed by atoms with Crippen LogP contribution in [0.2, 0.25) is 5.02 Å². The molecule has 0 saturated heterocycles. The van der Waals surface area contributed by atoms with Gasteiger partial charge in [-0.1, -0.05) is 11.6 Å². The summed E-state index contributed by atoms with van der Waals surface area (Å²) in [5.41, 5.74) is 2.06. The third-order valence-corrected chi connectivity index (χ3v) is 4.06. The second kappa shape index (κ2) is 6.69. The highest BCUT2D eigenvalue weighted by molar-refractivity contribution is 7.98. The average molecular weight is 303 g/mol. The lowest BCUT2D eigenvalue weighted by atomic mass is 10.3. The first kappa shape index (κ1) is 14.0. The van der Waals surface area contributed by atoms with Gasteiger partial charge in [0.05, 0.1) is 16.9 Å². The predicted octanol–water partition coefficient (Wildman–Crippen LogP) is 4.57. The summed E-state index contributed by atoms with van der Waals surface area (Å²) >= 11 is 13.8. The van der Waals surface area contributed by atoms with E-state index >= 15 is 0 Å². The Balaban J connectivity index is 2.23. The molecule has 18 heavy (non-hydrogen) atoms. The van der Waals surface area contributed by atoms with Crippen LogP contribution in [0.25, 0.3) is 11.0 Å². The highest BCUT2D eigenvalue weighted by atomic mass is 35.5. The molecule has 98 valence electrons. The SMILES string of the molecule is CSCCCCn1c(CCl)nc2cc(Cl)ccc21. The van der Waals surface area contributed by atoms with Crippen molar-refractivity contribution in [1.82, 2.24) is 9.55 Å². The molecule has 2 rings (SSSR count). The molecular formula is C13H16Cl2N2S. The molecule has 0 aliphatic heterocycles. The molecule has 0 saturated carbocycles. The third-order valence-electron chi connectivity index (χ3n) is 2.89. The minimum Gasteiger partial charge on any atom is -0.327 e. The van der Waals surface area contributed by atoms with Gasteiger partial charge >= 0.3 is 0 Å². The molecule has 0 unspecified atom stereocenters. The lowest BCUT2D eigenvalue weighted by Gasteiger charge is -2.07. The standard InChI is InChI=1S/C13H16Cl2N2S/c1-18-7-3-2-6-17-12-5-4-10(15)8-11(12)16-13(17)9-14/h4-5,8H,2-3,6-7,9H2,1H3. The summed E-state index contributed by atoms with van der Waals surface area (Å²) < 4.78 is 2.21. The van der Waals surface area contributed by atoms with Gasteiger partial charge in [-0.05, 0) is 43.0 Å². The van der Waals surface area contributed by atoms with Crippen molar-refractivity contribution in [3.63, 3.8) is 0 Å². The molecule has 0 N–H and O–H groups in total. The maximum atomic E-state index is 5.98. The number of unbranched alkanes of at least 4 members (excludes halogenated alkanes) is 1. The van der Waals surface area contributed by atoms with Crippen LogP contribution in [0, 0.1) is 0 Å². The van der Waals surface area contributed by atoms with Crippen molar-refractivity contribution in [2.45, 2.75) is 25.3 Å². The number of aryl methyl sites for hydroxylation is 1. The van der Waals surface area contributed by atoms with Crippen LogP contribution < -0.4 is 0 Å². The largest absolute Gasteiger partial charge is 0.327 e. The van der Waals surface area contributed by atoms with Gasteiger partial charge in [0.25, 0.3) is 0 Å². The summed E-state index contributed by atoms with van der Waals surface area (Å²) in [6, 6.07) is 5.82.